The van der Waals surface area contributed by atoms with Gasteiger partial charge in [-0.15, -0.1) is 0 Å². The van der Waals surface area contributed by atoms with Gasteiger partial charge in [-0.2, -0.15) is 0 Å². The molecule has 0 saturated heterocycles. The van der Waals surface area contributed by atoms with E-state index in [0.29, 0.717) is 31.4 Å². The molecule has 0 radical (unpaired) electrons. The number of benzene rings is 1. The third kappa shape index (κ3) is 6.74. The lowest BCUT2D eigenvalue weighted by Crippen LogP contribution is -2.38. The second-order valence-corrected chi connectivity index (χ2v) is 6.15. The first kappa shape index (κ1) is 19.8. The number of ether oxygens (including phenoxy) is 1. The molecule has 2 aromatic rings. The Morgan fingerprint density at radius 2 is 2.04 bits per heavy atom. The molecule has 0 amide bonds. The van der Waals surface area contributed by atoms with Crippen molar-refractivity contribution in [2.45, 2.75) is 39.7 Å². The van der Waals surface area contributed by atoms with Crippen molar-refractivity contribution in [1.29, 1.82) is 0 Å². The first-order valence-electron chi connectivity index (χ1n) is 8.94. The normalized spacial score (nSPS) is 11.7. The van der Waals surface area contributed by atoms with Crippen LogP contribution in [0.25, 0.3) is 0 Å². The van der Waals surface area contributed by atoms with E-state index >= 15 is 0 Å². The van der Waals surface area contributed by atoms with Gasteiger partial charge < -0.3 is 19.9 Å². The number of hydrogen-bond donors (Lipinski definition) is 2. The van der Waals surface area contributed by atoms with Crippen LogP contribution in [0.2, 0.25) is 0 Å². The lowest BCUT2D eigenvalue weighted by molar-refractivity contribution is 0.310. The zero-order valence-corrected chi connectivity index (χ0v) is 15.6. The second kappa shape index (κ2) is 10.4. The van der Waals surface area contributed by atoms with Gasteiger partial charge in [0.15, 0.2) is 11.7 Å². The fourth-order valence-electron chi connectivity index (χ4n) is 2.17. The summed E-state index contributed by atoms with van der Waals surface area (Å²) >= 11 is 0. The minimum atomic E-state index is -0.266. The Morgan fingerprint density at radius 3 is 2.69 bits per heavy atom. The molecule has 0 fully saturated rings. The van der Waals surface area contributed by atoms with Crippen molar-refractivity contribution in [3.8, 4) is 5.75 Å². The summed E-state index contributed by atoms with van der Waals surface area (Å²) in [6, 6.07) is 7.96. The molecule has 0 unspecified atom stereocenters. The van der Waals surface area contributed by atoms with Crippen LogP contribution in [-0.4, -0.2) is 30.8 Å². The van der Waals surface area contributed by atoms with Crippen molar-refractivity contribution >= 4 is 5.96 Å². The standard InChI is InChI=1S/C19H27FN4O2/c1-4-21-19(23-13-17-12-18(14(2)3)24-26-17)22-10-5-11-25-16-8-6-15(20)7-9-16/h6-9,12,14H,4-5,10-11,13H2,1-3H3,(H2,21,22,23). The van der Waals surface area contributed by atoms with Crippen molar-refractivity contribution in [2.75, 3.05) is 19.7 Å². The van der Waals surface area contributed by atoms with E-state index in [1.165, 1.54) is 12.1 Å². The van der Waals surface area contributed by atoms with Crippen LogP contribution in [-0.2, 0) is 6.54 Å². The Morgan fingerprint density at radius 1 is 1.27 bits per heavy atom. The van der Waals surface area contributed by atoms with E-state index in [1.807, 2.05) is 13.0 Å². The molecule has 7 heteroatoms. The number of aromatic nitrogens is 1. The van der Waals surface area contributed by atoms with Crippen molar-refractivity contribution in [2.24, 2.45) is 4.99 Å². The van der Waals surface area contributed by atoms with Gasteiger partial charge in [0, 0.05) is 19.2 Å². The van der Waals surface area contributed by atoms with E-state index in [9.17, 15) is 4.39 Å². The first-order valence-corrected chi connectivity index (χ1v) is 8.94. The third-order valence-corrected chi connectivity index (χ3v) is 3.60. The largest absolute Gasteiger partial charge is 0.494 e. The predicted molar refractivity (Wildman–Crippen MR) is 99.9 cm³/mol. The smallest absolute Gasteiger partial charge is 0.191 e. The molecular weight excluding hydrogens is 335 g/mol. The van der Waals surface area contributed by atoms with Crippen LogP contribution < -0.4 is 15.4 Å². The topological polar surface area (TPSA) is 71.7 Å². The van der Waals surface area contributed by atoms with E-state index in [-0.39, 0.29) is 5.82 Å². The lowest BCUT2D eigenvalue weighted by Gasteiger charge is -2.11. The maximum atomic E-state index is 12.8. The van der Waals surface area contributed by atoms with E-state index in [2.05, 4.69) is 34.6 Å². The summed E-state index contributed by atoms with van der Waals surface area (Å²) in [5.41, 5.74) is 0.936. The Kier molecular flexibility index (Phi) is 7.92. The molecule has 142 valence electrons. The van der Waals surface area contributed by atoms with Crippen molar-refractivity contribution in [3.63, 3.8) is 0 Å². The van der Waals surface area contributed by atoms with Gasteiger partial charge in [0.05, 0.1) is 12.3 Å². The molecule has 1 aromatic heterocycles. The highest BCUT2D eigenvalue weighted by Crippen LogP contribution is 2.14. The molecule has 0 aliphatic carbocycles. The predicted octanol–water partition coefficient (Wildman–Crippen LogP) is 3.46. The number of rotatable bonds is 9. The minimum Gasteiger partial charge on any atom is -0.494 e. The van der Waals surface area contributed by atoms with Crippen LogP contribution in [0.4, 0.5) is 4.39 Å². The average molecular weight is 362 g/mol. The van der Waals surface area contributed by atoms with Gasteiger partial charge in [-0.3, -0.25) is 0 Å². The molecule has 0 saturated carbocycles. The summed E-state index contributed by atoms with van der Waals surface area (Å²) in [5, 5.41) is 10.5. The summed E-state index contributed by atoms with van der Waals surface area (Å²) in [7, 11) is 0. The Bertz CT molecular complexity index is 683. The Labute approximate surface area is 153 Å². The molecule has 2 rings (SSSR count). The van der Waals surface area contributed by atoms with E-state index < -0.39 is 0 Å². The highest BCUT2D eigenvalue weighted by molar-refractivity contribution is 5.79. The minimum absolute atomic E-state index is 0.266. The SMILES string of the molecule is CCNC(=NCc1cc(C(C)C)no1)NCCCOc1ccc(F)cc1. The van der Waals surface area contributed by atoms with Crippen molar-refractivity contribution in [3.05, 3.63) is 47.6 Å². The van der Waals surface area contributed by atoms with Crippen LogP contribution in [0.5, 0.6) is 5.75 Å². The zero-order chi connectivity index (χ0) is 18.8. The Hall–Kier alpha value is -2.57. The lowest BCUT2D eigenvalue weighted by atomic mass is 10.1. The molecule has 1 heterocycles. The van der Waals surface area contributed by atoms with Crippen molar-refractivity contribution in [1.82, 2.24) is 15.8 Å². The number of halogens is 1. The molecule has 0 bridgehead atoms. The third-order valence-electron chi connectivity index (χ3n) is 3.60. The van der Waals surface area contributed by atoms with Crippen LogP contribution in [0, 0.1) is 5.82 Å². The number of guanidine groups is 1. The highest BCUT2D eigenvalue weighted by Gasteiger charge is 2.07. The maximum Gasteiger partial charge on any atom is 0.191 e. The highest BCUT2D eigenvalue weighted by atomic mass is 19.1. The van der Waals surface area contributed by atoms with Crippen LogP contribution >= 0.6 is 0 Å². The second-order valence-electron chi connectivity index (χ2n) is 6.15. The average Bonchev–Trinajstić information content (AvgIpc) is 3.10. The van der Waals surface area contributed by atoms with E-state index in [4.69, 9.17) is 9.26 Å². The molecule has 6 nitrogen and oxygen atoms in total. The van der Waals surface area contributed by atoms with E-state index in [0.717, 1.165) is 30.4 Å². The monoisotopic (exact) mass is 362 g/mol. The molecule has 0 spiro atoms. The fourth-order valence-corrected chi connectivity index (χ4v) is 2.17. The fraction of sp³-hybridized carbons (Fsp3) is 0.474. The summed E-state index contributed by atoms with van der Waals surface area (Å²) in [5.74, 6) is 2.20. The Balaban J connectivity index is 1.73. The van der Waals surface area contributed by atoms with Gasteiger partial charge in [-0.05, 0) is 43.5 Å². The summed E-state index contributed by atoms with van der Waals surface area (Å²) in [6.45, 7) is 8.61. The molecule has 2 N–H and O–H groups in total. The number of hydrogen-bond acceptors (Lipinski definition) is 4. The van der Waals surface area contributed by atoms with Crippen LogP contribution in [0.15, 0.2) is 39.8 Å². The van der Waals surface area contributed by atoms with Crippen LogP contribution in [0.3, 0.4) is 0 Å². The zero-order valence-electron chi connectivity index (χ0n) is 15.6. The molecule has 26 heavy (non-hydrogen) atoms. The summed E-state index contributed by atoms with van der Waals surface area (Å²) < 4.78 is 23.7. The van der Waals surface area contributed by atoms with Gasteiger partial charge in [0.2, 0.25) is 0 Å². The molecular formula is C19H27FN4O2. The molecule has 0 aliphatic rings. The number of nitrogens with one attached hydrogen (secondary N) is 2. The summed E-state index contributed by atoms with van der Waals surface area (Å²) in [4.78, 5) is 4.50. The van der Waals surface area contributed by atoms with Gasteiger partial charge in [-0.1, -0.05) is 19.0 Å². The first-order chi connectivity index (χ1) is 12.6. The van der Waals surface area contributed by atoms with Crippen LogP contribution in [0.1, 0.15) is 44.6 Å². The number of nitrogens with zero attached hydrogens (tertiary/aromatic N) is 2. The van der Waals surface area contributed by atoms with Gasteiger partial charge in [0.1, 0.15) is 18.1 Å². The number of aliphatic imine (C=N–C) groups is 1. The molecule has 1 aromatic carbocycles. The van der Waals surface area contributed by atoms with E-state index in [1.54, 1.807) is 12.1 Å². The van der Waals surface area contributed by atoms with Gasteiger partial charge in [0.25, 0.3) is 0 Å². The summed E-state index contributed by atoms with van der Waals surface area (Å²) in [6.07, 6.45) is 0.793. The van der Waals surface area contributed by atoms with Crippen molar-refractivity contribution < 1.29 is 13.7 Å². The molecule has 0 atom stereocenters. The quantitative estimate of drug-likeness (QED) is 0.406. The maximum absolute atomic E-state index is 12.8. The molecule has 0 aliphatic heterocycles. The van der Waals surface area contributed by atoms with Gasteiger partial charge in [-0.25, -0.2) is 9.38 Å². The van der Waals surface area contributed by atoms with Gasteiger partial charge >= 0.3 is 0 Å².